The monoisotopic (exact) mass is 255 g/mol. The Balaban J connectivity index is 1.99. The minimum Gasteiger partial charge on any atom is -0.493 e. The lowest BCUT2D eigenvalue weighted by Gasteiger charge is -2.13. The molecule has 0 fully saturated rings. The SMILES string of the molecule is Cc1cccc(CCN)c1OCCc1ccccc1. The van der Waals surface area contributed by atoms with E-state index >= 15 is 0 Å². The zero-order valence-electron chi connectivity index (χ0n) is 11.4. The van der Waals surface area contributed by atoms with Gasteiger partial charge in [0.25, 0.3) is 0 Å². The van der Waals surface area contributed by atoms with Crippen molar-refractivity contribution >= 4 is 0 Å². The number of rotatable bonds is 6. The summed E-state index contributed by atoms with van der Waals surface area (Å²) in [5.41, 5.74) is 9.33. The summed E-state index contributed by atoms with van der Waals surface area (Å²) in [5, 5.41) is 0. The van der Waals surface area contributed by atoms with Gasteiger partial charge in [0.1, 0.15) is 5.75 Å². The highest BCUT2D eigenvalue weighted by atomic mass is 16.5. The van der Waals surface area contributed by atoms with E-state index in [1.165, 1.54) is 16.7 Å². The van der Waals surface area contributed by atoms with E-state index in [9.17, 15) is 0 Å². The quantitative estimate of drug-likeness (QED) is 0.860. The van der Waals surface area contributed by atoms with Crippen LogP contribution in [0.5, 0.6) is 5.75 Å². The van der Waals surface area contributed by atoms with E-state index in [1.54, 1.807) is 0 Å². The van der Waals surface area contributed by atoms with E-state index in [2.05, 4.69) is 49.4 Å². The van der Waals surface area contributed by atoms with Gasteiger partial charge in [0.05, 0.1) is 6.61 Å². The van der Waals surface area contributed by atoms with Gasteiger partial charge in [-0.05, 0) is 36.6 Å². The predicted octanol–water partition coefficient (Wildman–Crippen LogP) is 3.12. The van der Waals surface area contributed by atoms with Crippen LogP contribution in [0.15, 0.2) is 48.5 Å². The molecule has 0 spiro atoms. The molecule has 2 nitrogen and oxygen atoms in total. The number of nitrogens with two attached hydrogens (primary N) is 1. The van der Waals surface area contributed by atoms with Gasteiger partial charge in [-0.3, -0.25) is 0 Å². The third kappa shape index (κ3) is 3.83. The molecule has 0 aliphatic rings. The predicted molar refractivity (Wildman–Crippen MR) is 79.6 cm³/mol. The summed E-state index contributed by atoms with van der Waals surface area (Å²) < 4.78 is 5.97. The van der Waals surface area contributed by atoms with E-state index in [0.717, 1.165) is 18.6 Å². The Labute approximate surface area is 115 Å². The summed E-state index contributed by atoms with van der Waals surface area (Å²) in [4.78, 5) is 0. The van der Waals surface area contributed by atoms with E-state index < -0.39 is 0 Å². The van der Waals surface area contributed by atoms with Gasteiger partial charge < -0.3 is 10.5 Å². The minimum absolute atomic E-state index is 0.651. The topological polar surface area (TPSA) is 35.2 Å². The highest BCUT2D eigenvalue weighted by Gasteiger charge is 2.06. The maximum absolute atomic E-state index is 5.97. The molecule has 0 unspecified atom stereocenters. The summed E-state index contributed by atoms with van der Waals surface area (Å²) in [6.45, 7) is 3.43. The average molecular weight is 255 g/mol. The van der Waals surface area contributed by atoms with Gasteiger partial charge in [-0.2, -0.15) is 0 Å². The Morgan fingerprint density at radius 2 is 1.74 bits per heavy atom. The number of hydrogen-bond donors (Lipinski definition) is 1. The van der Waals surface area contributed by atoms with Crippen LogP contribution in [-0.2, 0) is 12.8 Å². The number of ether oxygens (including phenoxy) is 1. The molecule has 0 radical (unpaired) electrons. The van der Waals surface area contributed by atoms with E-state index in [0.29, 0.717) is 13.2 Å². The maximum Gasteiger partial charge on any atom is 0.125 e. The van der Waals surface area contributed by atoms with E-state index in [4.69, 9.17) is 10.5 Å². The number of hydrogen-bond acceptors (Lipinski definition) is 2. The van der Waals surface area contributed by atoms with Gasteiger partial charge in [-0.15, -0.1) is 0 Å². The van der Waals surface area contributed by atoms with Crippen molar-refractivity contribution in [2.24, 2.45) is 5.73 Å². The van der Waals surface area contributed by atoms with Crippen LogP contribution in [0.25, 0.3) is 0 Å². The molecule has 0 aromatic heterocycles. The number of benzene rings is 2. The first-order valence-electron chi connectivity index (χ1n) is 6.76. The Bertz CT molecular complexity index is 508. The molecule has 100 valence electrons. The Morgan fingerprint density at radius 3 is 2.47 bits per heavy atom. The van der Waals surface area contributed by atoms with Crippen molar-refractivity contribution < 1.29 is 4.74 Å². The second-order valence-corrected chi connectivity index (χ2v) is 4.69. The highest BCUT2D eigenvalue weighted by Crippen LogP contribution is 2.23. The molecule has 0 bridgehead atoms. The molecule has 19 heavy (non-hydrogen) atoms. The fourth-order valence-corrected chi connectivity index (χ4v) is 2.19. The van der Waals surface area contributed by atoms with Crippen molar-refractivity contribution in [2.75, 3.05) is 13.2 Å². The molecule has 0 atom stereocenters. The Morgan fingerprint density at radius 1 is 0.947 bits per heavy atom. The lowest BCUT2D eigenvalue weighted by atomic mass is 10.1. The fraction of sp³-hybridized carbons (Fsp3) is 0.294. The summed E-state index contributed by atoms with van der Waals surface area (Å²) in [6.07, 6.45) is 1.79. The van der Waals surface area contributed by atoms with Crippen LogP contribution in [0.3, 0.4) is 0 Å². The third-order valence-corrected chi connectivity index (χ3v) is 3.19. The van der Waals surface area contributed by atoms with Crippen molar-refractivity contribution in [1.82, 2.24) is 0 Å². The standard InChI is InChI=1S/C17H21NO/c1-14-6-5-9-16(10-12-18)17(14)19-13-11-15-7-3-2-4-8-15/h2-9H,10-13,18H2,1H3. The summed E-state index contributed by atoms with van der Waals surface area (Å²) >= 11 is 0. The van der Waals surface area contributed by atoms with Crippen LogP contribution < -0.4 is 10.5 Å². The normalized spacial score (nSPS) is 10.4. The molecular formula is C17H21NO. The Kier molecular flexibility index (Phi) is 4.99. The number of aryl methyl sites for hydroxylation is 1. The molecule has 2 heteroatoms. The summed E-state index contributed by atoms with van der Waals surface area (Å²) in [6, 6.07) is 16.6. The van der Waals surface area contributed by atoms with Crippen LogP contribution in [0.1, 0.15) is 16.7 Å². The summed E-state index contributed by atoms with van der Waals surface area (Å²) in [7, 11) is 0. The van der Waals surface area contributed by atoms with Crippen molar-refractivity contribution in [3.8, 4) is 5.75 Å². The van der Waals surface area contributed by atoms with E-state index in [1.807, 2.05) is 6.07 Å². The Hall–Kier alpha value is -1.80. The fourth-order valence-electron chi connectivity index (χ4n) is 2.19. The molecule has 0 aliphatic carbocycles. The average Bonchev–Trinajstić information content (AvgIpc) is 2.43. The van der Waals surface area contributed by atoms with Crippen molar-refractivity contribution in [3.63, 3.8) is 0 Å². The van der Waals surface area contributed by atoms with Gasteiger partial charge in [-0.1, -0.05) is 48.5 Å². The van der Waals surface area contributed by atoms with E-state index in [-0.39, 0.29) is 0 Å². The molecule has 2 N–H and O–H groups in total. The van der Waals surface area contributed by atoms with Gasteiger partial charge in [0, 0.05) is 6.42 Å². The minimum atomic E-state index is 0.651. The zero-order valence-corrected chi connectivity index (χ0v) is 11.4. The highest BCUT2D eigenvalue weighted by molar-refractivity contribution is 5.41. The molecular weight excluding hydrogens is 234 g/mol. The smallest absolute Gasteiger partial charge is 0.125 e. The van der Waals surface area contributed by atoms with Crippen molar-refractivity contribution in [1.29, 1.82) is 0 Å². The second kappa shape index (κ2) is 6.95. The first-order chi connectivity index (χ1) is 9.31. The van der Waals surface area contributed by atoms with Crippen molar-refractivity contribution in [2.45, 2.75) is 19.8 Å². The van der Waals surface area contributed by atoms with Gasteiger partial charge in [-0.25, -0.2) is 0 Å². The molecule has 0 aliphatic heterocycles. The lowest BCUT2D eigenvalue weighted by Crippen LogP contribution is -2.08. The van der Waals surface area contributed by atoms with Gasteiger partial charge >= 0.3 is 0 Å². The van der Waals surface area contributed by atoms with Crippen LogP contribution >= 0.6 is 0 Å². The lowest BCUT2D eigenvalue weighted by molar-refractivity contribution is 0.316. The molecule has 2 rings (SSSR count). The largest absolute Gasteiger partial charge is 0.493 e. The van der Waals surface area contributed by atoms with Crippen LogP contribution in [0, 0.1) is 6.92 Å². The maximum atomic E-state index is 5.97. The molecule has 2 aromatic carbocycles. The number of para-hydroxylation sites is 1. The van der Waals surface area contributed by atoms with Crippen LogP contribution in [-0.4, -0.2) is 13.2 Å². The first-order valence-corrected chi connectivity index (χ1v) is 6.76. The third-order valence-electron chi connectivity index (χ3n) is 3.19. The van der Waals surface area contributed by atoms with Crippen molar-refractivity contribution in [3.05, 3.63) is 65.2 Å². The van der Waals surface area contributed by atoms with Crippen LogP contribution in [0.4, 0.5) is 0 Å². The molecule has 0 saturated heterocycles. The van der Waals surface area contributed by atoms with Gasteiger partial charge in [0.15, 0.2) is 0 Å². The van der Waals surface area contributed by atoms with Crippen LogP contribution in [0.2, 0.25) is 0 Å². The molecule has 0 heterocycles. The summed E-state index contributed by atoms with van der Waals surface area (Å²) in [5.74, 6) is 1.00. The zero-order chi connectivity index (χ0) is 13.5. The molecule has 0 amide bonds. The first kappa shape index (κ1) is 13.6. The van der Waals surface area contributed by atoms with Gasteiger partial charge in [0.2, 0.25) is 0 Å². The molecule has 0 saturated carbocycles. The second-order valence-electron chi connectivity index (χ2n) is 4.69. The molecule has 2 aromatic rings.